The Hall–Kier alpha value is -11.6. The van der Waals surface area contributed by atoms with E-state index in [0.717, 1.165) is 0 Å². The Morgan fingerprint density at radius 2 is 0.609 bits per heavy atom. The molecule has 9 aromatic carbocycles. The van der Waals surface area contributed by atoms with Crippen LogP contribution < -0.4 is 36.5 Å². The predicted octanol–water partition coefficient (Wildman–Crippen LogP) is 18.4. The van der Waals surface area contributed by atoms with Crippen LogP contribution in [0.2, 0.25) is 0 Å². The van der Waals surface area contributed by atoms with Crippen molar-refractivity contribution in [1.29, 1.82) is 0 Å². The van der Waals surface area contributed by atoms with Gasteiger partial charge in [-0.15, -0.1) is 0 Å². The molecule has 92 heavy (non-hydrogen) atoms. The first kappa shape index (κ1) is 64.9. The van der Waals surface area contributed by atoms with E-state index in [1.165, 1.54) is 194 Å². The van der Waals surface area contributed by atoms with Crippen molar-refractivity contribution in [3.8, 4) is 5.75 Å². The summed E-state index contributed by atoms with van der Waals surface area (Å²) in [4.78, 5) is 50.2. The van der Waals surface area contributed by atoms with Crippen molar-refractivity contribution in [2.45, 2.75) is 12.4 Å². The van der Waals surface area contributed by atoms with Gasteiger partial charge in [0.1, 0.15) is 0 Å². The number of carbonyl (C=O) groups excluding carboxylic acids is 2. The molecule has 23 nitrogen and oxygen atoms in total. The maximum absolute atomic E-state index is 16.1. The van der Waals surface area contributed by atoms with E-state index >= 15 is 35.9 Å². The van der Waals surface area contributed by atoms with Gasteiger partial charge in [-0.05, 0) is 0 Å². The van der Waals surface area contributed by atoms with Crippen LogP contribution in [-0.2, 0) is 21.2 Å². The number of azide groups is 6. The van der Waals surface area contributed by atoms with Crippen LogP contribution in [0, 0.1) is 0 Å². The molecule has 0 heterocycles. The number of ketones is 2. The molecule has 9 rings (SSSR count). The molecule has 0 bridgehead atoms. The summed E-state index contributed by atoms with van der Waals surface area (Å²) in [6, 6.07) is 47.5. The van der Waals surface area contributed by atoms with Crippen LogP contribution in [0.15, 0.2) is 255 Å². The van der Waals surface area contributed by atoms with Crippen molar-refractivity contribution < 1.29 is 49.5 Å². The standard InChI is InChI=1S/C60H41BF6N18O5P2/c62-59(63,64)42-29-43(60(65,66)67)31-50(30-42)88-61(89-91(38-57(86)40-13-3-1-4-14-40,51-23-7-17-44(32-51)74-80-68,52-24-8-18-45(33-52)75-81-69)53-25-9-19-46(34-53)76-82-70)90-92(39-58(87)41-15-5-2-6-16-41,54-26-10-20-47(35-54)77-83-71,55-27-11-21-48(36-55)78-84-72)56-28-12-22-49(37-56)79-85-73/h1-37H,38-39H2. The van der Waals surface area contributed by atoms with Crippen LogP contribution >= 0.6 is 13.7 Å². The molecule has 0 amide bonds. The third kappa shape index (κ3) is 13.0. The van der Waals surface area contributed by atoms with Crippen LogP contribution in [0.3, 0.4) is 0 Å². The zero-order chi connectivity index (χ0) is 65.6. The molecule has 0 aliphatic carbocycles. The van der Waals surface area contributed by atoms with Gasteiger partial charge in [-0.3, -0.25) is 0 Å². The van der Waals surface area contributed by atoms with E-state index in [9.17, 15) is 33.2 Å². The number of carbonyl (C=O) groups is 2. The third-order valence-electron chi connectivity index (χ3n) is 14.7. The van der Waals surface area contributed by atoms with Crippen molar-refractivity contribution in [1.82, 2.24) is 0 Å². The molecule has 0 aromatic heterocycles. The summed E-state index contributed by atoms with van der Waals surface area (Å²) in [5.41, 5.74) is 55.3. The van der Waals surface area contributed by atoms with Crippen LogP contribution in [0.1, 0.15) is 31.8 Å². The van der Waals surface area contributed by atoms with Gasteiger partial charge < -0.3 is 0 Å². The first-order valence-electron chi connectivity index (χ1n) is 26.7. The van der Waals surface area contributed by atoms with E-state index in [1.807, 2.05) is 0 Å². The first-order valence-corrected chi connectivity index (χ1v) is 31.4. The van der Waals surface area contributed by atoms with Gasteiger partial charge in [-0.25, -0.2) is 0 Å². The summed E-state index contributed by atoms with van der Waals surface area (Å²) in [5, 5.41) is 22.3. The van der Waals surface area contributed by atoms with Crippen molar-refractivity contribution in [2.75, 3.05) is 12.3 Å². The van der Waals surface area contributed by atoms with Crippen LogP contribution in [0.4, 0.5) is 60.5 Å². The number of hydrogen-bond acceptors (Lipinski definition) is 11. The van der Waals surface area contributed by atoms with Crippen LogP contribution in [-0.4, -0.2) is 31.2 Å². The Labute approximate surface area is 516 Å². The Kier molecular flexibility index (Phi) is 19.1. The second-order valence-electron chi connectivity index (χ2n) is 19.9. The monoisotopic (exact) mass is 1280 g/mol. The summed E-state index contributed by atoms with van der Waals surface area (Å²) in [6.45, 7) is -12.5. The number of Topliss-reactive ketones (excluding diaryl/α,β-unsaturated/α-hetero) is 2. The number of nitrogens with zero attached hydrogens (tertiary/aromatic N) is 18. The number of halogens is 6. The maximum atomic E-state index is 16.1. The Balaban J connectivity index is 1.62. The molecule has 0 aliphatic rings. The van der Waals surface area contributed by atoms with Crippen molar-refractivity contribution in [3.63, 3.8) is 0 Å². The summed E-state index contributed by atoms with van der Waals surface area (Å²) in [6.07, 6.45) is -13.1. The Morgan fingerprint density at radius 3 is 0.837 bits per heavy atom. The minimum absolute atomic E-state index is 0.0348. The van der Waals surface area contributed by atoms with Gasteiger partial charge >= 0.3 is 518 Å². The molecule has 0 spiro atoms. The van der Waals surface area contributed by atoms with E-state index < -0.39 is 74.1 Å². The average Bonchev–Trinajstić information content (AvgIpc) is 0.686. The van der Waals surface area contributed by atoms with Gasteiger partial charge in [0.2, 0.25) is 0 Å². The van der Waals surface area contributed by atoms with Crippen LogP contribution in [0.25, 0.3) is 62.7 Å². The van der Waals surface area contributed by atoms with E-state index in [4.69, 9.17) is 13.5 Å². The van der Waals surface area contributed by atoms with E-state index in [-0.39, 0.29) is 95.3 Å². The number of benzene rings is 9. The molecule has 0 radical (unpaired) electrons. The molecular formula is C60H41BF6N18O5P2. The number of hydrogen-bond donors (Lipinski definition) is 0. The quantitative estimate of drug-likeness (QED) is 0.0108. The summed E-state index contributed by atoms with van der Waals surface area (Å²) in [7, 11) is -3.01. The molecule has 0 fully saturated rings. The predicted molar refractivity (Wildman–Crippen MR) is 339 cm³/mol. The second-order valence-corrected chi connectivity index (χ2v) is 28.9. The molecule has 456 valence electrons. The van der Waals surface area contributed by atoms with Gasteiger partial charge in [0.25, 0.3) is 0 Å². The second kappa shape index (κ2) is 27.0. The molecule has 0 N–H and O–H groups in total. The molecule has 0 unspecified atom stereocenters. The first-order chi connectivity index (χ1) is 44.2. The zero-order valence-corrected chi connectivity index (χ0v) is 48.9. The molecule has 32 heteroatoms. The van der Waals surface area contributed by atoms with Gasteiger partial charge in [0.15, 0.2) is 0 Å². The average molecular weight is 1280 g/mol. The fraction of sp³-hybridized carbons (Fsp3) is 0.0667. The Morgan fingerprint density at radius 1 is 0.359 bits per heavy atom. The normalized spacial score (nSPS) is 12.1. The summed E-state index contributed by atoms with van der Waals surface area (Å²) < 4.78 is 115. The molecule has 0 saturated carbocycles. The topological polar surface area (TPSA) is 354 Å². The van der Waals surface area contributed by atoms with Crippen molar-refractivity contribution >= 4 is 98.5 Å². The Bertz CT molecular complexity index is 4080. The van der Waals surface area contributed by atoms with Gasteiger partial charge in [0, 0.05) is 0 Å². The van der Waals surface area contributed by atoms with E-state index in [2.05, 4.69) is 60.2 Å². The van der Waals surface area contributed by atoms with Crippen LogP contribution in [0.5, 0.6) is 5.75 Å². The third-order valence-corrected chi connectivity index (χ3v) is 26.0. The molecule has 0 aliphatic heterocycles. The van der Waals surface area contributed by atoms with Crippen molar-refractivity contribution in [2.24, 2.45) is 30.7 Å². The number of alkyl halides is 6. The fourth-order valence-corrected chi connectivity index (χ4v) is 21.9. The molecule has 9 aromatic rings. The van der Waals surface area contributed by atoms with E-state index in [1.54, 1.807) is 12.1 Å². The molecular weight excluding hydrogens is 1240 g/mol. The molecule has 0 saturated heterocycles. The van der Waals surface area contributed by atoms with Crippen molar-refractivity contribution in [3.05, 3.63) is 309 Å². The molecule has 0 atom stereocenters. The summed E-state index contributed by atoms with van der Waals surface area (Å²) >= 11 is 0. The summed E-state index contributed by atoms with van der Waals surface area (Å²) in [5.74, 6) is -2.92. The minimum atomic E-state index is -6.27. The van der Waals surface area contributed by atoms with Gasteiger partial charge in [-0.1, -0.05) is 0 Å². The van der Waals surface area contributed by atoms with E-state index in [0.29, 0.717) is 0 Å². The number of rotatable bonds is 24. The van der Waals surface area contributed by atoms with Gasteiger partial charge in [-0.2, -0.15) is 0 Å². The zero-order valence-electron chi connectivity index (χ0n) is 47.1. The SMILES string of the molecule is [N-]=[N+]=Nc1cccc(P(CC(=O)c2ccccc2)(OB(Oc2cc(C(F)(F)F)cc(C(F)(F)F)c2)OP(CC(=O)c2ccccc2)(c2cccc(N=[N+]=[N-])c2)(c2cccc(N=[N+]=[N-])c2)c2cccc(N=[N+]=[N-])c2)(c2cccc(N=[N+]=[N-])c2)c2cccc(N=[N+]=[N-])c2)c1. The van der Waals surface area contributed by atoms with Gasteiger partial charge in [0.05, 0.1) is 0 Å². The fourth-order valence-electron chi connectivity index (χ4n) is 10.8.